The molecular formula is C17H14N2O3S. The fourth-order valence-corrected chi connectivity index (χ4v) is 3.09. The zero-order valence-electron chi connectivity index (χ0n) is 12.6. The summed E-state index contributed by atoms with van der Waals surface area (Å²) in [5.41, 5.74) is 2.44. The lowest BCUT2D eigenvalue weighted by molar-refractivity contribution is -0.131. The van der Waals surface area contributed by atoms with Gasteiger partial charge in [-0.25, -0.2) is 4.98 Å². The summed E-state index contributed by atoms with van der Waals surface area (Å²) in [6.45, 7) is 3.32. The van der Waals surface area contributed by atoms with Crippen LogP contribution in [0.1, 0.15) is 22.8 Å². The third kappa shape index (κ3) is 3.37. The molecule has 0 radical (unpaired) electrons. The quantitative estimate of drug-likeness (QED) is 0.587. The predicted octanol–water partition coefficient (Wildman–Crippen LogP) is 3.78. The van der Waals surface area contributed by atoms with E-state index in [-0.39, 0.29) is 5.91 Å². The average Bonchev–Trinajstić information content (AvgIpc) is 2.91. The Hall–Kier alpha value is -2.73. The topological polar surface area (TPSA) is 68.3 Å². The van der Waals surface area contributed by atoms with E-state index in [1.165, 1.54) is 18.3 Å². The molecule has 2 aromatic carbocycles. The van der Waals surface area contributed by atoms with Crippen molar-refractivity contribution in [2.24, 2.45) is 0 Å². The van der Waals surface area contributed by atoms with Crippen LogP contribution in [0.2, 0.25) is 0 Å². The van der Waals surface area contributed by atoms with E-state index in [4.69, 9.17) is 4.74 Å². The van der Waals surface area contributed by atoms with Gasteiger partial charge < -0.3 is 4.74 Å². The highest BCUT2D eigenvalue weighted by atomic mass is 32.1. The van der Waals surface area contributed by atoms with Crippen molar-refractivity contribution in [1.29, 1.82) is 0 Å². The number of carbonyl (C=O) groups excluding carboxylic acids is 2. The molecule has 1 N–H and O–H groups in total. The predicted molar refractivity (Wildman–Crippen MR) is 90.1 cm³/mol. The molecule has 0 unspecified atom stereocenters. The van der Waals surface area contributed by atoms with Crippen LogP contribution in [0.5, 0.6) is 5.75 Å². The smallest absolute Gasteiger partial charge is 0.308 e. The molecule has 0 aliphatic rings. The molecule has 3 aromatic rings. The van der Waals surface area contributed by atoms with E-state index >= 15 is 0 Å². The molecule has 0 saturated carbocycles. The van der Waals surface area contributed by atoms with Crippen LogP contribution < -0.4 is 10.1 Å². The van der Waals surface area contributed by atoms with Gasteiger partial charge in [-0.1, -0.05) is 23.5 Å². The van der Waals surface area contributed by atoms with E-state index in [9.17, 15) is 9.59 Å². The molecule has 5 nitrogen and oxygen atoms in total. The molecule has 0 saturated heterocycles. The van der Waals surface area contributed by atoms with Crippen LogP contribution in [-0.4, -0.2) is 16.9 Å². The third-order valence-corrected chi connectivity index (χ3v) is 4.16. The highest BCUT2D eigenvalue weighted by Gasteiger charge is 2.11. The number of nitrogens with zero attached hydrogens (tertiary/aromatic N) is 1. The van der Waals surface area contributed by atoms with E-state index in [1.54, 1.807) is 24.3 Å². The second-order valence-corrected chi connectivity index (χ2v) is 6.04. The number of esters is 1. The summed E-state index contributed by atoms with van der Waals surface area (Å²) in [6.07, 6.45) is 0. The molecule has 0 aliphatic heterocycles. The monoisotopic (exact) mass is 326 g/mol. The van der Waals surface area contributed by atoms with Crippen molar-refractivity contribution in [3.63, 3.8) is 0 Å². The van der Waals surface area contributed by atoms with Gasteiger partial charge >= 0.3 is 5.97 Å². The van der Waals surface area contributed by atoms with Crippen LogP contribution in [0.15, 0.2) is 42.5 Å². The molecule has 0 aliphatic carbocycles. The van der Waals surface area contributed by atoms with Crippen molar-refractivity contribution >= 4 is 38.6 Å². The molecule has 1 heterocycles. The number of thiazole rings is 1. The van der Waals surface area contributed by atoms with Gasteiger partial charge in [-0.05, 0) is 42.8 Å². The molecule has 0 bridgehead atoms. The number of benzene rings is 2. The minimum atomic E-state index is -0.396. The van der Waals surface area contributed by atoms with Gasteiger partial charge in [-0.3, -0.25) is 14.9 Å². The summed E-state index contributed by atoms with van der Waals surface area (Å²) in [5, 5.41) is 3.35. The number of anilines is 1. The maximum atomic E-state index is 12.3. The number of ether oxygens (including phenoxy) is 1. The minimum Gasteiger partial charge on any atom is -0.427 e. The normalized spacial score (nSPS) is 10.5. The lowest BCUT2D eigenvalue weighted by Crippen LogP contribution is -2.11. The number of carbonyl (C=O) groups is 2. The maximum absolute atomic E-state index is 12.3. The van der Waals surface area contributed by atoms with E-state index in [2.05, 4.69) is 10.3 Å². The SMILES string of the molecule is CC(=O)Oc1ccc(C(=O)Nc2nc3c(C)cccc3s2)cc1. The summed E-state index contributed by atoms with van der Waals surface area (Å²) in [7, 11) is 0. The van der Waals surface area contributed by atoms with Crippen LogP contribution in [0.25, 0.3) is 10.2 Å². The minimum absolute atomic E-state index is 0.254. The van der Waals surface area contributed by atoms with Gasteiger partial charge in [0.15, 0.2) is 5.13 Å². The van der Waals surface area contributed by atoms with E-state index in [0.29, 0.717) is 16.4 Å². The fraction of sp³-hybridized carbons (Fsp3) is 0.118. The number of hydrogen-bond acceptors (Lipinski definition) is 5. The largest absolute Gasteiger partial charge is 0.427 e. The van der Waals surface area contributed by atoms with Gasteiger partial charge in [0.2, 0.25) is 0 Å². The van der Waals surface area contributed by atoms with Crippen molar-refractivity contribution < 1.29 is 14.3 Å². The lowest BCUT2D eigenvalue weighted by Gasteiger charge is -2.03. The van der Waals surface area contributed by atoms with Crippen molar-refractivity contribution in [3.05, 3.63) is 53.6 Å². The summed E-state index contributed by atoms with van der Waals surface area (Å²) < 4.78 is 5.97. The van der Waals surface area contributed by atoms with E-state index in [0.717, 1.165) is 15.8 Å². The molecule has 3 rings (SSSR count). The second kappa shape index (κ2) is 6.18. The van der Waals surface area contributed by atoms with Crippen LogP contribution >= 0.6 is 11.3 Å². The van der Waals surface area contributed by atoms with Crippen LogP contribution in [-0.2, 0) is 4.79 Å². The van der Waals surface area contributed by atoms with Crippen molar-refractivity contribution in [2.45, 2.75) is 13.8 Å². The number of rotatable bonds is 3. The molecule has 6 heteroatoms. The van der Waals surface area contributed by atoms with Gasteiger partial charge in [0.25, 0.3) is 5.91 Å². The first-order valence-electron chi connectivity index (χ1n) is 6.99. The first kappa shape index (κ1) is 15.2. The molecule has 23 heavy (non-hydrogen) atoms. The molecule has 0 atom stereocenters. The van der Waals surface area contributed by atoms with Crippen LogP contribution in [0.3, 0.4) is 0 Å². The molecular weight excluding hydrogens is 312 g/mol. The number of fused-ring (bicyclic) bond motifs is 1. The van der Waals surface area contributed by atoms with Gasteiger partial charge in [-0.2, -0.15) is 0 Å². The Labute approximate surface area is 136 Å². The third-order valence-electron chi connectivity index (χ3n) is 3.22. The van der Waals surface area contributed by atoms with Crippen LogP contribution in [0, 0.1) is 6.92 Å². The number of hydrogen-bond donors (Lipinski definition) is 1. The van der Waals surface area contributed by atoms with Gasteiger partial charge in [-0.15, -0.1) is 0 Å². The zero-order chi connectivity index (χ0) is 16.4. The molecule has 116 valence electrons. The van der Waals surface area contributed by atoms with Crippen molar-refractivity contribution in [3.8, 4) is 5.75 Å². The molecule has 0 spiro atoms. The standard InChI is InChI=1S/C17H14N2O3S/c1-10-4-3-5-14-15(10)18-17(23-14)19-16(21)12-6-8-13(9-7-12)22-11(2)20/h3-9H,1-2H3,(H,18,19,21). The summed E-state index contributed by atoms with van der Waals surface area (Å²) in [6, 6.07) is 12.3. The highest BCUT2D eigenvalue weighted by molar-refractivity contribution is 7.22. The number of aromatic nitrogens is 1. The van der Waals surface area contributed by atoms with Gasteiger partial charge in [0.1, 0.15) is 5.75 Å². The Bertz CT molecular complexity index is 884. The van der Waals surface area contributed by atoms with Crippen LogP contribution in [0.4, 0.5) is 5.13 Å². The summed E-state index contributed by atoms with van der Waals surface area (Å²) in [5.74, 6) is -0.243. The Kier molecular flexibility index (Phi) is 4.08. The van der Waals surface area contributed by atoms with Crippen molar-refractivity contribution in [2.75, 3.05) is 5.32 Å². The molecule has 1 aromatic heterocycles. The van der Waals surface area contributed by atoms with Gasteiger partial charge in [0.05, 0.1) is 10.2 Å². The number of amides is 1. The second-order valence-electron chi connectivity index (χ2n) is 5.01. The Balaban J connectivity index is 1.77. The number of para-hydroxylation sites is 1. The molecule has 0 fully saturated rings. The summed E-state index contributed by atoms with van der Waals surface area (Å²) in [4.78, 5) is 27.6. The maximum Gasteiger partial charge on any atom is 0.308 e. The first-order chi connectivity index (χ1) is 11.0. The first-order valence-corrected chi connectivity index (χ1v) is 7.80. The Morgan fingerprint density at radius 2 is 1.87 bits per heavy atom. The van der Waals surface area contributed by atoms with Gasteiger partial charge in [0, 0.05) is 12.5 Å². The Morgan fingerprint density at radius 1 is 1.13 bits per heavy atom. The Morgan fingerprint density at radius 3 is 2.52 bits per heavy atom. The average molecular weight is 326 g/mol. The van der Waals surface area contributed by atoms with E-state index in [1.807, 2.05) is 25.1 Å². The zero-order valence-corrected chi connectivity index (χ0v) is 13.4. The lowest BCUT2D eigenvalue weighted by atomic mass is 10.2. The summed E-state index contributed by atoms with van der Waals surface area (Å²) >= 11 is 1.43. The van der Waals surface area contributed by atoms with Crippen molar-refractivity contribution in [1.82, 2.24) is 4.98 Å². The highest BCUT2D eigenvalue weighted by Crippen LogP contribution is 2.28. The number of aryl methyl sites for hydroxylation is 1. The number of nitrogens with one attached hydrogen (secondary N) is 1. The molecule has 1 amide bonds. The van der Waals surface area contributed by atoms with E-state index < -0.39 is 5.97 Å². The fourth-order valence-electron chi connectivity index (χ4n) is 2.15.